The molecular formula is C16H21N7O3. The number of amides is 2. The summed E-state index contributed by atoms with van der Waals surface area (Å²) in [5.74, 6) is 0.280. The number of ether oxygens (including phenoxy) is 2. The van der Waals surface area contributed by atoms with Gasteiger partial charge >= 0.3 is 6.03 Å². The number of nitrogens with zero attached hydrogens (tertiary/aromatic N) is 5. The molecule has 2 aromatic rings. The van der Waals surface area contributed by atoms with Crippen LogP contribution in [-0.4, -0.2) is 50.9 Å². The first kappa shape index (κ1) is 18.0. The summed E-state index contributed by atoms with van der Waals surface area (Å²) in [4.78, 5) is 24.4. The predicted octanol–water partition coefficient (Wildman–Crippen LogP) is 1.57. The van der Waals surface area contributed by atoms with Crippen molar-refractivity contribution in [3.63, 3.8) is 0 Å². The molecule has 0 aliphatic carbocycles. The molecule has 0 aromatic carbocycles. The number of imidazole rings is 1. The van der Waals surface area contributed by atoms with Gasteiger partial charge in [0, 0.05) is 0 Å². The number of hydrogen-bond acceptors (Lipinski definition) is 7. The standard InChI is InChI=1S/C16H21N7O3/c1-10(2)25-7-11-3-4-12(26-11)23-9-21-13-14(19-8-20-15(13)23)22-16(24)18-6-5-17/h8-12H,3-4,6-7H2,1-2H3,(H2,18,19,20,22,24). The van der Waals surface area contributed by atoms with Crippen molar-refractivity contribution in [2.45, 2.75) is 45.1 Å². The maximum atomic E-state index is 11.7. The number of carbonyl (C=O) groups excluding carboxylic acids is 1. The maximum absolute atomic E-state index is 11.7. The zero-order chi connectivity index (χ0) is 18.5. The van der Waals surface area contributed by atoms with Crippen molar-refractivity contribution in [1.29, 1.82) is 5.26 Å². The lowest BCUT2D eigenvalue weighted by Crippen LogP contribution is -2.29. The normalized spacial score (nSPS) is 19.6. The molecule has 2 aromatic heterocycles. The summed E-state index contributed by atoms with van der Waals surface area (Å²) in [5, 5.41) is 13.5. The first-order valence-corrected chi connectivity index (χ1v) is 8.45. The highest BCUT2D eigenvalue weighted by atomic mass is 16.6. The van der Waals surface area contributed by atoms with E-state index in [1.165, 1.54) is 6.33 Å². The van der Waals surface area contributed by atoms with Gasteiger partial charge in [-0.25, -0.2) is 19.7 Å². The smallest absolute Gasteiger partial charge is 0.321 e. The Labute approximate surface area is 150 Å². The largest absolute Gasteiger partial charge is 0.376 e. The first-order valence-electron chi connectivity index (χ1n) is 8.45. The predicted molar refractivity (Wildman–Crippen MR) is 92.2 cm³/mol. The number of nitrogens with one attached hydrogen (secondary N) is 2. The molecule has 10 heteroatoms. The van der Waals surface area contributed by atoms with Gasteiger partial charge in [-0.2, -0.15) is 5.26 Å². The number of aromatic nitrogens is 4. The first-order chi connectivity index (χ1) is 12.6. The van der Waals surface area contributed by atoms with Crippen LogP contribution in [0.1, 0.15) is 32.9 Å². The number of anilines is 1. The molecule has 1 fully saturated rings. The Hall–Kier alpha value is -2.77. The van der Waals surface area contributed by atoms with Gasteiger partial charge in [0.25, 0.3) is 0 Å². The molecule has 2 unspecified atom stereocenters. The summed E-state index contributed by atoms with van der Waals surface area (Å²) >= 11 is 0. The van der Waals surface area contributed by atoms with Crippen LogP contribution in [0, 0.1) is 11.3 Å². The van der Waals surface area contributed by atoms with Crippen molar-refractivity contribution in [3.8, 4) is 6.07 Å². The number of carbonyl (C=O) groups is 1. The molecule has 1 aliphatic heterocycles. The van der Waals surface area contributed by atoms with E-state index in [2.05, 4.69) is 25.6 Å². The molecule has 1 saturated heterocycles. The molecule has 26 heavy (non-hydrogen) atoms. The van der Waals surface area contributed by atoms with Gasteiger partial charge in [0.15, 0.2) is 17.0 Å². The van der Waals surface area contributed by atoms with Crippen molar-refractivity contribution in [2.24, 2.45) is 0 Å². The van der Waals surface area contributed by atoms with E-state index in [1.54, 1.807) is 6.33 Å². The van der Waals surface area contributed by atoms with Gasteiger partial charge in [0.05, 0.1) is 31.2 Å². The highest BCUT2D eigenvalue weighted by Gasteiger charge is 2.28. The van der Waals surface area contributed by atoms with Crippen molar-refractivity contribution < 1.29 is 14.3 Å². The summed E-state index contributed by atoms with van der Waals surface area (Å²) in [6.45, 7) is 4.45. The number of urea groups is 1. The molecule has 2 N–H and O–H groups in total. The van der Waals surface area contributed by atoms with E-state index in [1.807, 2.05) is 24.5 Å². The van der Waals surface area contributed by atoms with Crippen molar-refractivity contribution in [3.05, 3.63) is 12.7 Å². The van der Waals surface area contributed by atoms with E-state index in [0.29, 0.717) is 17.8 Å². The van der Waals surface area contributed by atoms with Crippen LogP contribution in [0.4, 0.5) is 10.6 Å². The summed E-state index contributed by atoms with van der Waals surface area (Å²) in [6.07, 6.45) is 4.73. The summed E-state index contributed by atoms with van der Waals surface area (Å²) in [5.41, 5.74) is 1.04. The molecule has 138 valence electrons. The van der Waals surface area contributed by atoms with E-state index >= 15 is 0 Å². The summed E-state index contributed by atoms with van der Waals surface area (Å²) in [6, 6.07) is 1.31. The van der Waals surface area contributed by atoms with E-state index in [4.69, 9.17) is 14.7 Å². The average molecular weight is 359 g/mol. The lowest BCUT2D eigenvalue weighted by atomic mass is 10.2. The zero-order valence-corrected chi connectivity index (χ0v) is 14.7. The third kappa shape index (κ3) is 4.07. The number of rotatable bonds is 6. The van der Waals surface area contributed by atoms with Crippen LogP contribution < -0.4 is 10.6 Å². The second-order valence-electron chi connectivity index (χ2n) is 6.18. The molecule has 0 bridgehead atoms. The highest BCUT2D eigenvalue weighted by Crippen LogP contribution is 2.31. The van der Waals surface area contributed by atoms with Crippen LogP contribution >= 0.6 is 0 Å². The maximum Gasteiger partial charge on any atom is 0.321 e. The molecule has 2 amide bonds. The Morgan fingerprint density at radius 2 is 2.31 bits per heavy atom. The lowest BCUT2D eigenvalue weighted by Gasteiger charge is -2.16. The fourth-order valence-corrected chi connectivity index (χ4v) is 2.74. The molecule has 2 atom stereocenters. The van der Waals surface area contributed by atoms with Gasteiger partial charge in [-0.1, -0.05) is 0 Å². The number of fused-ring (bicyclic) bond motifs is 1. The van der Waals surface area contributed by atoms with Gasteiger partial charge in [-0.3, -0.25) is 9.88 Å². The monoisotopic (exact) mass is 359 g/mol. The number of nitriles is 1. The van der Waals surface area contributed by atoms with Crippen LogP contribution in [0.25, 0.3) is 11.2 Å². The fraction of sp³-hybridized carbons (Fsp3) is 0.562. The molecule has 10 nitrogen and oxygen atoms in total. The molecular weight excluding hydrogens is 338 g/mol. The Bertz CT molecular complexity index is 814. The fourth-order valence-electron chi connectivity index (χ4n) is 2.74. The Balaban J connectivity index is 1.72. The Morgan fingerprint density at radius 1 is 1.46 bits per heavy atom. The highest BCUT2D eigenvalue weighted by molar-refractivity contribution is 5.95. The van der Waals surface area contributed by atoms with Crippen molar-refractivity contribution >= 4 is 23.0 Å². The van der Waals surface area contributed by atoms with Crippen LogP contribution in [0.3, 0.4) is 0 Å². The van der Waals surface area contributed by atoms with Gasteiger partial charge in [-0.05, 0) is 26.7 Å². The average Bonchev–Trinajstić information content (AvgIpc) is 3.25. The van der Waals surface area contributed by atoms with Crippen LogP contribution in [0.15, 0.2) is 12.7 Å². The Morgan fingerprint density at radius 3 is 3.08 bits per heavy atom. The molecule has 0 saturated carbocycles. The molecule has 3 rings (SSSR count). The minimum atomic E-state index is -0.524. The van der Waals surface area contributed by atoms with Crippen molar-refractivity contribution in [2.75, 3.05) is 18.5 Å². The van der Waals surface area contributed by atoms with E-state index < -0.39 is 6.03 Å². The minimum absolute atomic E-state index is 0.0380. The minimum Gasteiger partial charge on any atom is -0.376 e. The lowest BCUT2D eigenvalue weighted by molar-refractivity contribution is -0.0526. The van der Waals surface area contributed by atoms with Gasteiger partial charge < -0.3 is 14.8 Å². The topological polar surface area (TPSA) is 127 Å². The SMILES string of the molecule is CC(C)OCC1CCC(n2cnc3c(NC(=O)NCC#N)ncnc32)O1. The van der Waals surface area contributed by atoms with E-state index in [9.17, 15) is 4.79 Å². The van der Waals surface area contributed by atoms with E-state index in [-0.39, 0.29) is 30.8 Å². The van der Waals surface area contributed by atoms with Crippen LogP contribution in [0.2, 0.25) is 0 Å². The van der Waals surface area contributed by atoms with Gasteiger partial charge in [0.2, 0.25) is 0 Å². The number of hydrogen-bond donors (Lipinski definition) is 2. The third-order valence-corrected chi connectivity index (χ3v) is 3.93. The van der Waals surface area contributed by atoms with Crippen LogP contribution in [-0.2, 0) is 9.47 Å². The second-order valence-corrected chi connectivity index (χ2v) is 6.18. The van der Waals surface area contributed by atoms with Crippen LogP contribution in [0.5, 0.6) is 0 Å². The molecule has 0 radical (unpaired) electrons. The van der Waals surface area contributed by atoms with E-state index in [0.717, 1.165) is 12.8 Å². The molecule has 1 aliphatic rings. The van der Waals surface area contributed by atoms with Crippen molar-refractivity contribution in [1.82, 2.24) is 24.8 Å². The Kier molecular flexibility index (Phi) is 5.60. The molecule has 3 heterocycles. The zero-order valence-electron chi connectivity index (χ0n) is 14.7. The van der Waals surface area contributed by atoms with Gasteiger partial charge in [-0.15, -0.1) is 0 Å². The quantitative estimate of drug-likeness (QED) is 0.749. The summed E-state index contributed by atoms with van der Waals surface area (Å²) < 4.78 is 13.5. The summed E-state index contributed by atoms with van der Waals surface area (Å²) in [7, 11) is 0. The second kappa shape index (κ2) is 8.07. The molecule has 0 spiro atoms. The van der Waals surface area contributed by atoms with Gasteiger partial charge in [0.1, 0.15) is 19.1 Å². The third-order valence-electron chi connectivity index (χ3n) is 3.93.